The fourth-order valence-corrected chi connectivity index (χ4v) is 2.11. The molecule has 0 saturated heterocycles. The Morgan fingerprint density at radius 3 is 2.62 bits per heavy atom. The zero-order valence-electron chi connectivity index (χ0n) is 12.9. The van der Waals surface area contributed by atoms with Crippen LogP contribution >= 0.6 is 0 Å². The lowest BCUT2D eigenvalue weighted by Crippen LogP contribution is -2.34. The van der Waals surface area contributed by atoms with E-state index in [0.29, 0.717) is 6.42 Å². The molecule has 1 aromatic rings. The van der Waals surface area contributed by atoms with Crippen LogP contribution in [0.5, 0.6) is 11.5 Å². The Hall–Kier alpha value is -1.95. The van der Waals surface area contributed by atoms with Gasteiger partial charge in [-0.05, 0) is 37.1 Å². The summed E-state index contributed by atoms with van der Waals surface area (Å²) < 4.78 is 10.5. The zero-order chi connectivity index (χ0) is 15.7. The highest BCUT2D eigenvalue weighted by atomic mass is 16.5. The molecule has 21 heavy (non-hydrogen) atoms. The predicted octanol–water partition coefficient (Wildman–Crippen LogP) is 1.75. The van der Waals surface area contributed by atoms with Crippen molar-refractivity contribution >= 4 is 5.84 Å². The molecule has 118 valence electrons. The van der Waals surface area contributed by atoms with Gasteiger partial charge in [0.15, 0.2) is 11.5 Å². The van der Waals surface area contributed by atoms with E-state index in [0.717, 1.165) is 30.9 Å². The molecular formula is C15H25N3O3. The standard InChI is InChI=1S/C15H25N3O3/c1-4-12(10-15(16)18-19)17-8-7-11-5-6-13(20-2)14(9-11)21-3/h5-6,9,12,17,19H,4,7-8,10H2,1-3H3,(H2,16,18). The summed E-state index contributed by atoms with van der Waals surface area (Å²) >= 11 is 0. The molecule has 0 amide bonds. The van der Waals surface area contributed by atoms with Crippen molar-refractivity contribution in [2.24, 2.45) is 10.9 Å². The smallest absolute Gasteiger partial charge is 0.160 e. The summed E-state index contributed by atoms with van der Waals surface area (Å²) in [6.07, 6.45) is 2.33. The van der Waals surface area contributed by atoms with Gasteiger partial charge in [0.1, 0.15) is 5.84 Å². The molecule has 0 bridgehead atoms. The van der Waals surface area contributed by atoms with E-state index in [4.69, 9.17) is 20.4 Å². The molecule has 0 radical (unpaired) electrons. The summed E-state index contributed by atoms with van der Waals surface area (Å²) in [5.74, 6) is 1.71. The van der Waals surface area contributed by atoms with Crippen LogP contribution < -0.4 is 20.5 Å². The second-order valence-electron chi connectivity index (χ2n) is 4.79. The van der Waals surface area contributed by atoms with Gasteiger partial charge in [-0.25, -0.2) is 0 Å². The van der Waals surface area contributed by atoms with Gasteiger partial charge < -0.3 is 25.7 Å². The number of amidine groups is 1. The topological polar surface area (TPSA) is 89.1 Å². The lowest BCUT2D eigenvalue weighted by Gasteiger charge is -2.16. The molecule has 0 aliphatic heterocycles. The number of methoxy groups -OCH3 is 2. The van der Waals surface area contributed by atoms with Crippen molar-refractivity contribution in [3.63, 3.8) is 0 Å². The highest BCUT2D eigenvalue weighted by molar-refractivity contribution is 5.80. The summed E-state index contributed by atoms with van der Waals surface area (Å²) in [5, 5.41) is 15.0. The number of ether oxygens (including phenoxy) is 2. The largest absolute Gasteiger partial charge is 0.493 e. The summed E-state index contributed by atoms with van der Waals surface area (Å²) in [7, 11) is 3.25. The fraction of sp³-hybridized carbons (Fsp3) is 0.533. The minimum Gasteiger partial charge on any atom is -0.493 e. The van der Waals surface area contributed by atoms with Crippen LogP contribution in [0.1, 0.15) is 25.3 Å². The van der Waals surface area contributed by atoms with Crippen LogP contribution in [0.4, 0.5) is 0 Å². The first-order valence-electron chi connectivity index (χ1n) is 7.05. The normalized spacial score (nSPS) is 13.0. The molecule has 0 fully saturated rings. The zero-order valence-corrected chi connectivity index (χ0v) is 12.9. The third-order valence-electron chi connectivity index (χ3n) is 3.37. The summed E-state index contributed by atoms with van der Waals surface area (Å²) in [6, 6.07) is 6.11. The molecule has 1 atom stereocenters. The van der Waals surface area contributed by atoms with Crippen LogP contribution in [0, 0.1) is 0 Å². The van der Waals surface area contributed by atoms with Crippen molar-refractivity contribution in [2.75, 3.05) is 20.8 Å². The Morgan fingerprint density at radius 2 is 2.05 bits per heavy atom. The minimum atomic E-state index is 0.209. The predicted molar refractivity (Wildman–Crippen MR) is 83.4 cm³/mol. The Kier molecular flexibility index (Phi) is 7.39. The summed E-state index contributed by atoms with van der Waals surface area (Å²) in [5.41, 5.74) is 6.70. The van der Waals surface area contributed by atoms with Gasteiger partial charge in [-0.15, -0.1) is 0 Å². The lowest BCUT2D eigenvalue weighted by molar-refractivity contribution is 0.315. The van der Waals surface area contributed by atoms with Crippen LogP contribution in [-0.4, -0.2) is 37.8 Å². The molecule has 0 heterocycles. The average Bonchev–Trinajstić information content (AvgIpc) is 2.53. The van der Waals surface area contributed by atoms with Crippen LogP contribution in [-0.2, 0) is 6.42 Å². The third kappa shape index (κ3) is 5.51. The van der Waals surface area contributed by atoms with E-state index in [1.807, 2.05) is 18.2 Å². The van der Waals surface area contributed by atoms with Crippen LogP contribution in [0.25, 0.3) is 0 Å². The molecule has 1 aromatic carbocycles. The second kappa shape index (κ2) is 9.07. The molecule has 4 N–H and O–H groups in total. The van der Waals surface area contributed by atoms with Crippen molar-refractivity contribution < 1.29 is 14.7 Å². The SMILES string of the molecule is CCC(CC(N)=NO)NCCc1ccc(OC)c(OC)c1. The molecule has 0 saturated carbocycles. The van der Waals surface area contributed by atoms with Crippen molar-refractivity contribution in [3.05, 3.63) is 23.8 Å². The number of nitrogens with one attached hydrogen (secondary N) is 1. The van der Waals surface area contributed by atoms with Gasteiger partial charge in [0.2, 0.25) is 0 Å². The molecule has 0 aliphatic carbocycles. The first-order chi connectivity index (χ1) is 10.1. The van der Waals surface area contributed by atoms with Crippen molar-refractivity contribution in [2.45, 2.75) is 32.2 Å². The number of hydrogen-bond acceptors (Lipinski definition) is 5. The molecule has 1 rings (SSSR count). The summed E-state index contributed by atoms with van der Waals surface area (Å²) in [6.45, 7) is 2.88. The number of rotatable bonds is 9. The quantitative estimate of drug-likeness (QED) is 0.279. The van der Waals surface area contributed by atoms with Crippen molar-refractivity contribution in [1.82, 2.24) is 5.32 Å². The Bertz CT molecular complexity index is 463. The molecule has 6 nitrogen and oxygen atoms in total. The number of hydrogen-bond donors (Lipinski definition) is 3. The highest BCUT2D eigenvalue weighted by Gasteiger charge is 2.09. The third-order valence-corrected chi connectivity index (χ3v) is 3.37. The van der Waals surface area contributed by atoms with Crippen molar-refractivity contribution in [1.29, 1.82) is 0 Å². The Labute approximate surface area is 125 Å². The fourth-order valence-electron chi connectivity index (χ4n) is 2.11. The van der Waals surface area contributed by atoms with Crippen LogP contribution in [0.3, 0.4) is 0 Å². The van der Waals surface area contributed by atoms with E-state index in [-0.39, 0.29) is 11.9 Å². The Morgan fingerprint density at radius 1 is 1.33 bits per heavy atom. The first kappa shape index (κ1) is 17.1. The van der Waals surface area contributed by atoms with Gasteiger partial charge >= 0.3 is 0 Å². The molecule has 0 aliphatic rings. The van der Waals surface area contributed by atoms with E-state index >= 15 is 0 Å². The number of oxime groups is 1. The van der Waals surface area contributed by atoms with E-state index in [9.17, 15) is 0 Å². The highest BCUT2D eigenvalue weighted by Crippen LogP contribution is 2.27. The van der Waals surface area contributed by atoms with Crippen LogP contribution in [0.2, 0.25) is 0 Å². The maximum atomic E-state index is 8.60. The van der Waals surface area contributed by atoms with E-state index in [1.165, 1.54) is 5.56 Å². The molecule has 0 spiro atoms. The second-order valence-corrected chi connectivity index (χ2v) is 4.79. The van der Waals surface area contributed by atoms with Gasteiger partial charge in [0.05, 0.1) is 14.2 Å². The van der Waals surface area contributed by atoms with E-state index in [1.54, 1.807) is 14.2 Å². The minimum absolute atomic E-state index is 0.209. The first-order valence-corrected chi connectivity index (χ1v) is 7.05. The van der Waals surface area contributed by atoms with Gasteiger partial charge in [-0.1, -0.05) is 18.1 Å². The van der Waals surface area contributed by atoms with Gasteiger partial charge in [0, 0.05) is 12.5 Å². The molecular weight excluding hydrogens is 270 g/mol. The number of nitrogens with two attached hydrogens (primary N) is 1. The molecule has 0 aromatic heterocycles. The monoisotopic (exact) mass is 295 g/mol. The Balaban J connectivity index is 2.51. The molecule has 6 heteroatoms. The van der Waals surface area contributed by atoms with E-state index < -0.39 is 0 Å². The average molecular weight is 295 g/mol. The van der Waals surface area contributed by atoms with Crippen LogP contribution in [0.15, 0.2) is 23.4 Å². The maximum Gasteiger partial charge on any atom is 0.160 e. The van der Waals surface area contributed by atoms with Gasteiger partial charge in [0.25, 0.3) is 0 Å². The van der Waals surface area contributed by atoms with E-state index in [2.05, 4.69) is 17.4 Å². The van der Waals surface area contributed by atoms with Gasteiger partial charge in [-0.2, -0.15) is 0 Å². The number of nitrogens with zero attached hydrogens (tertiary/aromatic N) is 1. The summed E-state index contributed by atoms with van der Waals surface area (Å²) in [4.78, 5) is 0. The van der Waals surface area contributed by atoms with Crippen molar-refractivity contribution in [3.8, 4) is 11.5 Å². The maximum absolute atomic E-state index is 8.60. The molecule has 1 unspecified atom stereocenters. The van der Waals surface area contributed by atoms with Gasteiger partial charge in [-0.3, -0.25) is 0 Å². The number of benzene rings is 1. The lowest BCUT2D eigenvalue weighted by atomic mass is 10.1.